The number of carboxylic acids is 1. The van der Waals surface area contributed by atoms with E-state index in [-0.39, 0.29) is 201 Å². The number of carboxylic acid groups (broad SMARTS) is 1. The van der Waals surface area contributed by atoms with Crippen molar-refractivity contribution >= 4 is 128 Å². The van der Waals surface area contributed by atoms with Crippen LogP contribution in [0.15, 0.2) is 85.1 Å². The molecule has 2 heterocycles. The molecule has 1 aromatic heterocycles. The highest BCUT2D eigenvalue weighted by Gasteiger charge is 2.45. The molecule has 43 heteroatoms. The number of nitrogens with one attached hydrogen (secondary N) is 18. The second-order valence-corrected chi connectivity index (χ2v) is 39.9. The predicted molar refractivity (Wildman–Crippen MR) is 561 cm³/mol. The SMILES string of the molecule is CC(=O)N[C@@H](CC(C)C)C(=O)N[C@H](C(=O)N[C@@H](Cc1ccccc1)C(=O)N[C@]1(C)CCCCC#CC#CCCC[C@@](C)(C(=O)CN[C@@H](C)C(=O)CCN[C@@H](C)C(=O)CCC(=O)[C@H](C)NCCC(=O)[C@H](C)NCCC(=O)[C@H](C)NCN[C@H](C)C(N)=O)NC(=O)[C@H](CC(C)C)NC(=O)[C@H](CCC(N)=O)NCN[C@@H](C)C(=O)CC(=O)[C@H](Cc2c[nH]c3ccccc23)NN[C@@H](Cc2ccc(O)cc2)C(=O)N[C@@H](CCC(=O)O)C(=O)C1=O)[C@@H](C)O. The lowest BCUT2D eigenvalue weighted by atomic mass is 9.84. The normalized spacial score (nSPS) is 21.1. The second-order valence-electron chi connectivity index (χ2n) is 39.9. The Morgan fingerprint density at radius 1 is 0.513 bits per heavy atom. The topological polar surface area (TPSA) is 674 Å². The van der Waals surface area contributed by atoms with Gasteiger partial charge in [-0.05, 0) is 198 Å². The van der Waals surface area contributed by atoms with Crippen LogP contribution in [0.5, 0.6) is 5.75 Å². The Labute approximate surface area is 877 Å². The lowest BCUT2D eigenvalue weighted by molar-refractivity contribution is -0.145. The first-order chi connectivity index (χ1) is 70.8. The van der Waals surface area contributed by atoms with E-state index < -0.39 is 222 Å². The molecular weight excluding hydrogens is 1930 g/mol. The fourth-order valence-corrected chi connectivity index (χ4v) is 16.4. The molecule has 0 saturated heterocycles. The Morgan fingerprint density at radius 2 is 1.05 bits per heavy atom. The van der Waals surface area contributed by atoms with Crippen molar-refractivity contribution in [2.24, 2.45) is 23.3 Å². The maximum Gasteiger partial charge on any atom is 0.303 e. The van der Waals surface area contributed by atoms with Crippen molar-refractivity contribution in [2.45, 2.75) is 353 Å². The number of phenols is 1. The molecule has 0 saturated carbocycles. The van der Waals surface area contributed by atoms with Crippen LogP contribution in [0.3, 0.4) is 0 Å². The Hall–Kier alpha value is -12.9. The molecule has 3 aromatic carbocycles. The summed E-state index contributed by atoms with van der Waals surface area (Å²) < 4.78 is 0. The molecule has 1 aliphatic rings. The summed E-state index contributed by atoms with van der Waals surface area (Å²) in [5.41, 5.74) is 14.8. The number of fused-ring (bicyclic) bond motifs is 1. The lowest BCUT2D eigenvalue weighted by Crippen LogP contribution is -2.64. The minimum absolute atomic E-state index is 0.00361. The summed E-state index contributed by atoms with van der Waals surface area (Å²) in [5.74, 6) is -3.97. The lowest BCUT2D eigenvalue weighted by Gasteiger charge is -2.33. The van der Waals surface area contributed by atoms with Gasteiger partial charge in [-0.25, -0.2) is 10.9 Å². The molecule has 5 rings (SSSR count). The number of H-pyrrole nitrogens is 1. The number of aliphatic hydroxyl groups is 1. The van der Waals surface area contributed by atoms with E-state index >= 15 is 24.0 Å². The number of phenolic OH excluding ortho intramolecular Hbond substituents is 1. The van der Waals surface area contributed by atoms with Gasteiger partial charge >= 0.3 is 5.97 Å². The van der Waals surface area contributed by atoms with Gasteiger partial charge in [0.05, 0.1) is 85.0 Å². The summed E-state index contributed by atoms with van der Waals surface area (Å²) in [6, 6.07) is 3.58. The number of aromatic amines is 1. The number of primary amides is 2. The zero-order valence-electron chi connectivity index (χ0n) is 88.9. The fraction of sp³-hybridized carbons (Fsp3) is 0.589. The Balaban J connectivity index is 1.48. The van der Waals surface area contributed by atoms with E-state index in [2.05, 4.69) is 119 Å². The number of benzene rings is 3. The largest absolute Gasteiger partial charge is 0.508 e. The van der Waals surface area contributed by atoms with Crippen molar-refractivity contribution in [1.82, 2.24) is 95.6 Å². The third kappa shape index (κ3) is 45.9. The van der Waals surface area contributed by atoms with Crippen LogP contribution >= 0.6 is 0 Å². The van der Waals surface area contributed by atoms with Crippen molar-refractivity contribution in [3.63, 3.8) is 0 Å². The van der Waals surface area contributed by atoms with Crippen molar-refractivity contribution in [3.05, 3.63) is 102 Å². The van der Waals surface area contributed by atoms with Crippen LogP contribution in [0.1, 0.15) is 243 Å². The smallest absolute Gasteiger partial charge is 0.303 e. The molecule has 0 aliphatic carbocycles. The van der Waals surface area contributed by atoms with E-state index in [1.165, 1.54) is 65.8 Å². The van der Waals surface area contributed by atoms with Crippen LogP contribution < -0.4 is 102 Å². The van der Waals surface area contributed by atoms with Crippen molar-refractivity contribution in [3.8, 4) is 29.4 Å². The van der Waals surface area contributed by atoms with E-state index in [1.54, 1.807) is 123 Å². The van der Waals surface area contributed by atoms with Gasteiger partial charge < -0.3 is 90.3 Å². The van der Waals surface area contributed by atoms with Gasteiger partial charge in [0.1, 0.15) is 53.1 Å². The minimum atomic E-state index is -2.30. The highest BCUT2D eigenvalue weighted by molar-refractivity contribution is 6.43. The van der Waals surface area contributed by atoms with Gasteiger partial charge in [-0.3, -0.25) is 117 Å². The first-order valence-electron chi connectivity index (χ1n) is 51.4. The molecule has 0 bridgehead atoms. The molecule has 0 fully saturated rings. The number of rotatable bonds is 53. The molecule has 0 spiro atoms. The highest BCUT2D eigenvalue weighted by Crippen LogP contribution is 2.25. The minimum Gasteiger partial charge on any atom is -0.508 e. The molecule has 150 heavy (non-hydrogen) atoms. The Morgan fingerprint density at radius 3 is 1.62 bits per heavy atom. The molecule has 43 nitrogen and oxygen atoms in total. The number of carbonyl (C=O) groups is 20. The van der Waals surface area contributed by atoms with E-state index in [0.717, 1.165) is 0 Å². The number of aliphatic hydroxyl groups excluding tert-OH is 1. The first kappa shape index (κ1) is 128. The summed E-state index contributed by atoms with van der Waals surface area (Å²) in [6.07, 6.45) is -3.58. The van der Waals surface area contributed by atoms with Crippen LogP contribution in [0, 0.1) is 35.5 Å². The summed E-state index contributed by atoms with van der Waals surface area (Å²) in [5, 5.41) is 74.9. The molecule has 824 valence electrons. The van der Waals surface area contributed by atoms with E-state index in [1.807, 2.05) is 0 Å². The number of nitrogens with two attached hydrogens (primary N) is 2. The Bertz CT molecular complexity index is 5400. The summed E-state index contributed by atoms with van der Waals surface area (Å²) in [4.78, 5) is 282. The van der Waals surface area contributed by atoms with Crippen molar-refractivity contribution in [1.29, 1.82) is 0 Å². The van der Waals surface area contributed by atoms with Crippen LogP contribution in [0.4, 0.5) is 0 Å². The number of aromatic nitrogens is 1. The van der Waals surface area contributed by atoms with E-state index in [9.17, 15) is 87.2 Å². The number of amides is 9. The van der Waals surface area contributed by atoms with Gasteiger partial charge in [-0.2, -0.15) is 0 Å². The maximum absolute atomic E-state index is 15.6. The Kier molecular flexibility index (Phi) is 55.5. The number of ketones is 10. The molecular formula is C107H158N20O23. The third-order valence-electron chi connectivity index (χ3n) is 26.1. The molecule has 9 amide bonds. The number of Topliss-reactive ketones (excluding diaryl/α,β-unsaturated/α-hetero) is 10. The maximum atomic E-state index is 15.6. The number of carbonyl (C=O) groups excluding carboxylic acids is 19. The number of para-hydroxylation sites is 1. The monoisotopic (exact) mass is 2090 g/mol. The quantitative estimate of drug-likeness (QED) is 0.0124. The first-order valence-corrected chi connectivity index (χ1v) is 51.4. The number of hydrogen-bond acceptors (Lipinski definition) is 32. The molecule has 18 atom stereocenters. The number of aromatic hydroxyl groups is 1. The van der Waals surface area contributed by atoms with Crippen LogP contribution in [0.25, 0.3) is 10.9 Å². The van der Waals surface area contributed by atoms with Gasteiger partial charge in [-0.1, -0.05) is 100 Å². The molecule has 1 aliphatic heterocycles. The van der Waals surface area contributed by atoms with Crippen LogP contribution in [-0.2, 0) is 115 Å². The summed E-state index contributed by atoms with van der Waals surface area (Å²) in [7, 11) is 0. The van der Waals surface area contributed by atoms with Gasteiger partial charge in [0.25, 0.3) is 0 Å². The predicted octanol–water partition coefficient (Wildman–Crippen LogP) is 0.518. The van der Waals surface area contributed by atoms with E-state index in [4.69, 9.17) is 11.5 Å². The van der Waals surface area contributed by atoms with Crippen LogP contribution in [-0.4, -0.2) is 285 Å². The molecule has 25 N–H and O–H groups in total. The number of hydrazine groups is 1. The van der Waals surface area contributed by atoms with E-state index in [0.29, 0.717) is 27.6 Å². The van der Waals surface area contributed by atoms with Gasteiger partial charge in [0, 0.05) is 121 Å². The fourth-order valence-electron chi connectivity index (χ4n) is 16.4. The average molecular weight is 2090 g/mol. The van der Waals surface area contributed by atoms with Crippen LogP contribution in [0.2, 0.25) is 0 Å². The van der Waals surface area contributed by atoms with Crippen molar-refractivity contribution < 1.29 is 111 Å². The number of hydrogen-bond donors (Lipinski definition) is 23. The van der Waals surface area contributed by atoms with Crippen molar-refractivity contribution in [2.75, 3.05) is 39.5 Å². The van der Waals surface area contributed by atoms with Gasteiger partial charge in [-0.15, -0.1) is 0 Å². The third-order valence-corrected chi connectivity index (χ3v) is 26.1. The molecule has 0 unspecified atom stereocenters. The zero-order valence-corrected chi connectivity index (χ0v) is 88.9. The standard InChI is InChI=1S/C107H158N20O23/c1-62(2)52-82(119-72(13)129)101(146)123-96(71(12)128)105(150)122-84(54-73-30-24-23-25-31-73)104(149)125-107(15)48-29-22-20-18-16-17-19-21-28-47-106(14,93(138)59-113-67(8)89(134)45-50-111-65(6)87(132)41-40-86(131)64(5)110-49-44-88(133)66(7)112-51-46-90(135)68(9)115-60-117-70(11)99(109)144)124-103(148)83(53-63(3)4)121-100(145)80(38-42-94(108)139)118-61-116-69(10)91(136)57-92(137)81(56-75-58-114-78-33-27-26-32-77(75)78)126-127-85(55-74-34-36-76(130)37-35-74)102(147)120-79(39-43-95(140)141)97(142)98(107)143/h23-27,30-37,58,62-71,79-85,96,110-118,126-128,130H,20-22,28-29,38-57,59-61H2,1-15H3,(H2,108,139)(H2,109,144)(H,119,129)(H,120,147)(H,121,145)(H,122,150)(H,123,146)(H,124,148)(H,125,149)(H,140,141)/t64-,65-,66-,67-,68-,69-,70+,71+,79-,80-,81-,82-,83-,84-,85-,96-,106-,107+/m0/s1. The number of aliphatic carboxylic acids is 1. The second kappa shape index (κ2) is 65.2. The van der Waals surface area contributed by atoms with Gasteiger partial charge in [0.2, 0.25) is 64.7 Å². The molecule has 0 radical (unpaired) electrons. The van der Waals surface area contributed by atoms with Gasteiger partial charge in [0.15, 0.2) is 34.7 Å². The average Bonchev–Trinajstić information content (AvgIpc) is 1.22. The summed E-state index contributed by atoms with van der Waals surface area (Å²) >= 11 is 0. The highest BCUT2D eigenvalue weighted by atomic mass is 16.4. The summed E-state index contributed by atoms with van der Waals surface area (Å²) in [6.45, 7) is 23.3. The zero-order chi connectivity index (χ0) is 112. The molecule has 4 aromatic rings.